The first-order valence-electron chi connectivity index (χ1n) is 6.82. The quantitative estimate of drug-likeness (QED) is 0.890. The van der Waals surface area contributed by atoms with Crippen molar-refractivity contribution in [2.24, 2.45) is 11.3 Å². The summed E-state index contributed by atoms with van der Waals surface area (Å²) in [7, 11) is 0. The van der Waals surface area contributed by atoms with Crippen LogP contribution in [-0.2, 0) is 0 Å². The Morgan fingerprint density at radius 3 is 2.53 bits per heavy atom. The van der Waals surface area contributed by atoms with Gasteiger partial charge >= 0.3 is 5.97 Å². The predicted octanol–water partition coefficient (Wildman–Crippen LogP) is 3.04. The van der Waals surface area contributed by atoms with Crippen LogP contribution in [0.2, 0.25) is 0 Å². The van der Waals surface area contributed by atoms with Crippen LogP contribution in [0.5, 0.6) is 0 Å². The van der Waals surface area contributed by atoms with E-state index < -0.39 is 5.97 Å². The van der Waals surface area contributed by atoms with Gasteiger partial charge < -0.3 is 10.0 Å². The number of hydrogen-bond donors (Lipinski definition) is 1. The molecule has 1 aliphatic heterocycles. The van der Waals surface area contributed by atoms with E-state index >= 15 is 0 Å². The zero-order chi connectivity index (χ0) is 14.0. The van der Waals surface area contributed by atoms with Gasteiger partial charge in [-0.05, 0) is 36.3 Å². The molecule has 1 aromatic rings. The lowest BCUT2D eigenvalue weighted by Gasteiger charge is -2.39. The van der Waals surface area contributed by atoms with Crippen LogP contribution in [0.1, 0.15) is 44.0 Å². The SMILES string of the molecule is CC(C)(C)C1CCN(c2cc(C(=O)O)ccn2)CC1. The van der Waals surface area contributed by atoms with Crippen molar-refractivity contribution in [1.29, 1.82) is 0 Å². The molecule has 0 bridgehead atoms. The lowest BCUT2D eigenvalue weighted by molar-refractivity contribution is 0.0697. The second-order valence-corrected chi connectivity index (χ2v) is 6.34. The third-order valence-electron chi connectivity index (χ3n) is 4.04. The van der Waals surface area contributed by atoms with E-state index in [1.807, 2.05) is 0 Å². The fourth-order valence-electron chi connectivity index (χ4n) is 2.70. The number of anilines is 1. The molecule has 1 aliphatic rings. The number of carbonyl (C=O) groups is 1. The van der Waals surface area contributed by atoms with Crippen LogP contribution in [0.15, 0.2) is 18.3 Å². The summed E-state index contributed by atoms with van der Waals surface area (Å²) in [6.07, 6.45) is 3.86. The summed E-state index contributed by atoms with van der Waals surface area (Å²) in [6.45, 7) is 8.78. The van der Waals surface area contributed by atoms with Crippen LogP contribution < -0.4 is 4.90 Å². The average Bonchev–Trinajstić information content (AvgIpc) is 2.38. The highest BCUT2D eigenvalue weighted by Gasteiger charge is 2.29. The van der Waals surface area contributed by atoms with Gasteiger partial charge in [0.2, 0.25) is 0 Å². The number of aromatic carboxylic acids is 1. The van der Waals surface area contributed by atoms with Gasteiger partial charge in [0.15, 0.2) is 0 Å². The number of rotatable bonds is 2. The Bertz CT molecular complexity index is 457. The summed E-state index contributed by atoms with van der Waals surface area (Å²) in [5, 5.41) is 9.01. The molecule has 0 saturated carbocycles. The fraction of sp³-hybridized carbons (Fsp3) is 0.600. The number of carboxylic acids is 1. The molecule has 2 heterocycles. The number of aromatic nitrogens is 1. The van der Waals surface area contributed by atoms with Crippen LogP contribution >= 0.6 is 0 Å². The molecule has 0 aliphatic carbocycles. The van der Waals surface area contributed by atoms with Crippen molar-refractivity contribution in [1.82, 2.24) is 4.98 Å². The molecule has 4 nitrogen and oxygen atoms in total. The Morgan fingerprint density at radius 1 is 1.37 bits per heavy atom. The van der Waals surface area contributed by atoms with Crippen molar-refractivity contribution in [3.8, 4) is 0 Å². The molecular weight excluding hydrogens is 240 g/mol. The van der Waals surface area contributed by atoms with Crippen molar-refractivity contribution < 1.29 is 9.90 Å². The first-order valence-corrected chi connectivity index (χ1v) is 6.82. The van der Waals surface area contributed by atoms with Crippen molar-refractivity contribution in [3.63, 3.8) is 0 Å². The average molecular weight is 262 g/mol. The second kappa shape index (κ2) is 5.19. The molecule has 1 saturated heterocycles. The molecule has 0 amide bonds. The maximum atomic E-state index is 11.0. The lowest BCUT2D eigenvalue weighted by atomic mass is 9.75. The molecule has 104 valence electrons. The Morgan fingerprint density at radius 2 is 2.00 bits per heavy atom. The molecule has 19 heavy (non-hydrogen) atoms. The monoisotopic (exact) mass is 262 g/mol. The smallest absolute Gasteiger partial charge is 0.335 e. The van der Waals surface area contributed by atoms with Crippen molar-refractivity contribution in [2.45, 2.75) is 33.6 Å². The molecule has 4 heteroatoms. The number of hydrogen-bond acceptors (Lipinski definition) is 3. The molecule has 1 aromatic heterocycles. The van der Waals surface area contributed by atoms with Gasteiger partial charge in [-0.3, -0.25) is 0 Å². The maximum absolute atomic E-state index is 11.0. The third kappa shape index (κ3) is 3.25. The van der Waals surface area contributed by atoms with Crippen LogP contribution in [0.25, 0.3) is 0 Å². The van der Waals surface area contributed by atoms with E-state index in [0.717, 1.165) is 37.7 Å². The molecule has 0 aromatic carbocycles. The summed E-state index contributed by atoms with van der Waals surface area (Å²) in [4.78, 5) is 17.5. The Balaban J connectivity index is 2.05. The van der Waals surface area contributed by atoms with Gasteiger partial charge in [-0.1, -0.05) is 20.8 Å². The van der Waals surface area contributed by atoms with Gasteiger partial charge in [-0.25, -0.2) is 9.78 Å². The molecule has 0 radical (unpaired) electrons. The Hall–Kier alpha value is -1.58. The largest absolute Gasteiger partial charge is 0.478 e. The van der Waals surface area contributed by atoms with E-state index in [-0.39, 0.29) is 0 Å². The summed E-state index contributed by atoms with van der Waals surface area (Å²) < 4.78 is 0. The standard InChI is InChI=1S/C15H22N2O2/c1-15(2,3)12-5-8-17(9-6-12)13-10-11(14(18)19)4-7-16-13/h4,7,10,12H,5-6,8-9H2,1-3H3,(H,18,19). The van der Waals surface area contributed by atoms with Gasteiger partial charge in [-0.2, -0.15) is 0 Å². The van der Waals surface area contributed by atoms with Crippen LogP contribution in [0, 0.1) is 11.3 Å². The molecule has 0 unspecified atom stereocenters. The summed E-state index contributed by atoms with van der Waals surface area (Å²) >= 11 is 0. The van der Waals surface area contributed by atoms with E-state index in [0.29, 0.717) is 11.0 Å². The lowest BCUT2D eigenvalue weighted by Crippen LogP contribution is -2.38. The van der Waals surface area contributed by atoms with Crippen molar-refractivity contribution >= 4 is 11.8 Å². The molecule has 2 rings (SSSR count). The van der Waals surface area contributed by atoms with Gasteiger partial charge in [0.05, 0.1) is 5.56 Å². The van der Waals surface area contributed by atoms with Gasteiger partial charge in [0.25, 0.3) is 0 Å². The summed E-state index contributed by atoms with van der Waals surface area (Å²) in [5.74, 6) is 0.617. The van der Waals surface area contributed by atoms with Crippen molar-refractivity contribution in [3.05, 3.63) is 23.9 Å². The first-order chi connectivity index (χ1) is 8.88. The first kappa shape index (κ1) is 13.8. The fourth-order valence-corrected chi connectivity index (χ4v) is 2.70. The minimum atomic E-state index is -0.895. The highest BCUT2D eigenvalue weighted by atomic mass is 16.4. The van der Waals surface area contributed by atoms with E-state index in [9.17, 15) is 4.79 Å². The number of carboxylic acid groups (broad SMARTS) is 1. The third-order valence-corrected chi connectivity index (χ3v) is 4.04. The minimum Gasteiger partial charge on any atom is -0.478 e. The number of piperidine rings is 1. The molecule has 1 fully saturated rings. The van der Waals surface area contributed by atoms with E-state index in [2.05, 4.69) is 30.7 Å². The van der Waals surface area contributed by atoms with Crippen LogP contribution in [-0.4, -0.2) is 29.1 Å². The van der Waals surface area contributed by atoms with E-state index in [1.165, 1.54) is 6.07 Å². The van der Waals surface area contributed by atoms with Gasteiger partial charge in [0, 0.05) is 19.3 Å². The minimum absolute atomic E-state index is 0.308. The second-order valence-electron chi connectivity index (χ2n) is 6.34. The number of nitrogens with zero attached hydrogens (tertiary/aromatic N) is 2. The summed E-state index contributed by atoms with van der Waals surface area (Å²) in [5.41, 5.74) is 0.658. The zero-order valence-electron chi connectivity index (χ0n) is 11.9. The molecule has 0 atom stereocenters. The predicted molar refractivity (Wildman–Crippen MR) is 75.6 cm³/mol. The van der Waals surface area contributed by atoms with Crippen LogP contribution in [0.3, 0.4) is 0 Å². The van der Waals surface area contributed by atoms with Gasteiger partial charge in [0.1, 0.15) is 5.82 Å². The van der Waals surface area contributed by atoms with Crippen molar-refractivity contribution in [2.75, 3.05) is 18.0 Å². The Labute approximate surface area is 114 Å². The van der Waals surface area contributed by atoms with E-state index in [1.54, 1.807) is 12.3 Å². The molecular formula is C15H22N2O2. The molecule has 1 N–H and O–H groups in total. The Kier molecular flexibility index (Phi) is 3.78. The normalized spacial score (nSPS) is 17.5. The zero-order valence-corrected chi connectivity index (χ0v) is 11.9. The summed E-state index contributed by atoms with van der Waals surface area (Å²) in [6, 6.07) is 3.20. The number of pyridine rings is 1. The highest BCUT2D eigenvalue weighted by molar-refractivity contribution is 5.88. The topological polar surface area (TPSA) is 53.4 Å². The molecule has 0 spiro atoms. The van der Waals surface area contributed by atoms with Crippen LogP contribution in [0.4, 0.5) is 5.82 Å². The highest BCUT2D eigenvalue weighted by Crippen LogP contribution is 2.35. The van der Waals surface area contributed by atoms with Gasteiger partial charge in [-0.15, -0.1) is 0 Å². The van der Waals surface area contributed by atoms with E-state index in [4.69, 9.17) is 5.11 Å². The maximum Gasteiger partial charge on any atom is 0.335 e.